The Morgan fingerprint density at radius 3 is 2.38 bits per heavy atom. The maximum Gasteiger partial charge on any atom is 0.124 e. The molecular formula is C17H14BrFN2. The highest BCUT2D eigenvalue weighted by Gasteiger charge is 2.14. The van der Waals surface area contributed by atoms with Crippen LogP contribution >= 0.6 is 15.9 Å². The molecule has 3 aromatic carbocycles. The number of nitrogens with two attached hydrogens (primary N) is 1. The number of hydrazine groups is 1. The van der Waals surface area contributed by atoms with Crippen molar-refractivity contribution < 1.29 is 4.39 Å². The molecule has 0 spiro atoms. The molecule has 3 N–H and O–H groups in total. The van der Waals surface area contributed by atoms with Gasteiger partial charge in [-0.15, -0.1) is 0 Å². The molecule has 0 radical (unpaired) electrons. The van der Waals surface area contributed by atoms with Crippen LogP contribution < -0.4 is 11.3 Å². The van der Waals surface area contributed by atoms with Crippen LogP contribution in [0.25, 0.3) is 10.8 Å². The third kappa shape index (κ3) is 2.97. The van der Waals surface area contributed by atoms with E-state index in [1.165, 1.54) is 12.1 Å². The van der Waals surface area contributed by atoms with Crippen molar-refractivity contribution in [1.29, 1.82) is 0 Å². The molecule has 4 heteroatoms. The summed E-state index contributed by atoms with van der Waals surface area (Å²) in [6.45, 7) is 0. The van der Waals surface area contributed by atoms with Crippen LogP contribution in [0.3, 0.4) is 0 Å². The Kier molecular flexibility index (Phi) is 4.01. The van der Waals surface area contributed by atoms with Crippen molar-refractivity contribution in [3.8, 4) is 0 Å². The summed E-state index contributed by atoms with van der Waals surface area (Å²) < 4.78 is 14.3. The summed E-state index contributed by atoms with van der Waals surface area (Å²) in [4.78, 5) is 0. The van der Waals surface area contributed by atoms with Gasteiger partial charge in [0.15, 0.2) is 0 Å². The van der Waals surface area contributed by atoms with Crippen molar-refractivity contribution in [3.05, 3.63) is 82.1 Å². The quantitative estimate of drug-likeness (QED) is 0.549. The average molecular weight is 345 g/mol. The van der Waals surface area contributed by atoms with Crippen LogP contribution in [0, 0.1) is 5.82 Å². The van der Waals surface area contributed by atoms with Crippen LogP contribution in [-0.4, -0.2) is 0 Å². The van der Waals surface area contributed by atoms with Crippen LogP contribution in [0.1, 0.15) is 17.2 Å². The lowest BCUT2D eigenvalue weighted by Crippen LogP contribution is -2.28. The topological polar surface area (TPSA) is 38.0 Å². The number of benzene rings is 3. The molecule has 1 unspecified atom stereocenters. The first-order chi connectivity index (χ1) is 10.2. The van der Waals surface area contributed by atoms with Gasteiger partial charge in [-0.3, -0.25) is 5.84 Å². The van der Waals surface area contributed by atoms with Gasteiger partial charge in [-0.05, 0) is 46.2 Å². The molecule has 2 nitrogen and oxygen atoms in total. The van der Waals surface area contributed by atoms with Crippen molar-refractivity contribution in [3.63, 3.8) is 0 Å². The van der Waals surface area contributed by atoms with Crippen LogP contribution in [0.15, 0.2) is 65.1 Å². The second-order valence-corrected chi connectivity index (χ2v) is 5.82. The van der Waals surface area contributed by atoms with Crippen molar-refractivity contribution in [2.45, 2.75) is 6.04 Å². The Labute approximate surface area is 130 Å². The predicted octanol–water partition coefficient (Wildman–Crippen LogP) is 4.29. The van der Waals surface area contributed by atoms with E-state index in [0.29, 0.717) is 4.47 Å². The maximum atomic E-state index is 13.6. The minimum Gasteiger partial charge on any atom is -0.271 e. The molecular weight excluding hydrogens is 331 g/mol. The molecule has 0 aliphatic rings. The minimum absolute atomic E-state index is 0.262. The van der Waals surface area contributed by atoms with Gasteiger partial charge in [-0.25, -0.2) is 9.82 Å². The molecule has 0 aromatic heterocycles. The van der Waals surface area contributed by atoms with E-state index in [1.54, 1.807) is 0 Å². The molecule has 0 fully saturated rings. The highest BCUT2D eigenvalue weighted by atomic mass is 79.9. The molecule has 106 valence electrons. The fourth-order valence-electron chi connectivity index (χ4n) is 2.51. The predicted molar refractivity (Wildman–Crippen MR) is 87.2 cm³/mol. The van der Waals surface area contributed by atoms with E-state index in [4.69, 9.17) is 5.84 Å². The molecule has 0 bridgehead atoms. The van der Waals surface area contributed by atoms with Crippen LogP contribution in [0.5, 0.6) is 0 Å². The van der Waals surface area contributed by atoms with Crippen LogP contribution in [0.2, 0.25) is 0 Å². The van der Waals surface area contributed by atoms with E-state index in [9.17, 15) is 4.39 Å². The van der Waals surface area contributed by atoms with Gasteiger partial charge in [0.1, 0.15) is 5.82 Å². The van der Waals surface area contributed by atoms with Gasteiger partial charge in [0.25, 0.3) is 0 Å². The molecule has 21 heavy (non-hydrogen) atoms. The van der Waals surface area contributed by atoms with Crippen LogP contribution in [-0.2, 0) is 0 Å². The first-order valence-electron chi connectivity index (χ1n) is 6.58. The zero-order valence-electron chi connectivity index (χ0n) is 11.2. The third-order valence-electron chi connectivity index (χ3n) is 3.49. The SMILES string of the molecule is NNC(c1cc(F)cc(Br)c1)c1ccc2ccccc2c1. The fraction of sp³-hybridized carbons (Fsp3) is 0.0588. The number of rotatable bonds is 3. The Morgan fingerprint density at radius 1 is 0.905 bits per heavy atom. The second kappa shape index (κ2) is 5.93. The van der Waals surface area contributed by atoms with Gasteiger partial charge in [0, 0.05) is 4.47 Å². The first kappa shape index (κ1) is 14.2. The zero-order valence-corrected chi connectivity index (χ0v) is 12.8. The molecule has 0 aliphatic carbocycles. The lowest BCUT2D eigenvalue weighted by molar-refractivity contribution is 0.604. The highest BCUT2D eigenvalue weighted by Crippen LogP contribution is 2.27. The molecule has 0 amide bonds. The first-order valence-corrected chi connectivity index (χ1v) is 7.37. The Morgan fingerprint density at radius 2 is 1.67 bits per heavy atom. The Bertz CT molecular complexity index is 768. The van der Waals surface area contributed by atoms with Gasteiger partial charge >= 0.3 is 0 Å². The molecule has 3 aromatic rings. The summed E-state index contributed by atoms with van der Waals surface area (Å²) in [5, 5.41) is 2.29. The number of fused-ring (bicyclic) bond motifs is 1. The lowest BCUT2D eigenvalue weighted by atomic mass is 9.96. The van der Waals surface area contributed by atoms with E-state index >= 15 is 0 Å². The maximum absolute atomic E-state index is 13.6. The van der Waals surface area contributed by atoms with E-state index < -0.39 is 0 Å². The molecule has 1 atom stereocenters. The van der Waals surface area contributed by atoms with E-state index in [2.05, 4.69) is 33.5 Å². The summed E-state index contributed by atoms with van der Waals surface area (Å²) in [6, 6.07) is 18.7. The molecule has 3 rings (SSSR count). The van der Waals surface area contributed by atoms with E-state index in [1.807, 2.05) is 36.4 Å². The van der Waals surface area contributed by atoms with Crippen molar-refractivity contribution >= 4 is 26.7 Å². The zero-order chi connectivity index (χ0) is 14.8. The monoisotopic (exact) mass is 344 g/mol. The molecule has 0 saturated heterocycles. The average Bonchev–Trinajstić information content (AvgIpc) is 2.47. The smallest absolute Gasteiger partial charge is 0.124 e. The Hall–Kier alpha value is -1.75. The van der Waals surface area contributed by atoms with Gasteiger partial charge in [-0.1, -0.05) is 52.3 Å². The summed E-state index contributed by atoms with van der Waals surface area (Å²) in [5.41, 5.74) is 4.54. The normalized spacial score (nSPS) is 12.5. The summed E-state index contributed by atoms with van der Waals surface area (Å²) in [6.07, 6.45) is 0. The number of halogens is 2. The number of nitrogens with one attached hydrogen (secondary N) is 1. The lowest BCUT2D eigenvalue weighted by Gasteiger charge is -2.18. The molecule has 0 heterocycles. The van der Waals surface area contributed by atoms with Gasteiger partial charge in [0.2, 0.25) is 0 Å². The standard InChI is InChI=1S/C17H14BrFN2/c18-15-8-14(9-16(19)10-15)17(21-20)13-6-5-11-3-1-2-4-12(11)7-13/h1-10,17,21H,20H2. The second-order valence-electron chi connectivity index (χ2n) is 4.91. The molecule has 0 saturated carbocycles. The van der Waals surface area contributed by atoms with Gasteiger partial charge in [-0.2, -0.15) is 0 Å². The van der Waals surface area contributed by atoms with Gasteiger partial charge < -0.3 is 0 Å². The van der Waals surface area contributed by atoms with Crippen molar-refractivity contribution in [2.24, 2.45) is 5.84 Å². The fourth-order valence-corrected chi connectivity index (χ4v) is 3.00. The Balaban J connectivity index is 2.08. The minimum atomic E-state index is -0.291. The largest absolute Gasteiger partial charge is 0.271 e. The number of hydrogen-bond acceptors (Lipinski definition) is 2. The summed E-state index contributed by atoms with van der Waals surface area (Å²) in [5.74, 6) is 5.40. The van der Waals surface area contributed by atoms with E-state index in [-0.39, 0.29) is 11.9 Å². The van der Waals surface area contributed by atoms with E-state index in [0.717, 1.165) is 21.9 Å². The number of hydrogen-bond donors (Lipinski definition) is 2. The van der Waals surface area contributed by atoms with Crippen molar-refractivity contribution in [1.82, 2.24) is 5.43 Å². The summed E-state index contributed by atoms with van der Waals surface area (Å²) >= 11 is 3.31. The highest BCUT2D eigenvalue weighted by molar-refractivity contribution is 9.10. The van der Waals surface area contributed by atoms with Gasteiger partial charge in [0.05, 0.1) is 6.04 Å². The molecule has 0 aliphatic heterocycles. The third-order valence-corrected chi connectivity index (χ3v) is 3.95. The van der Waals surface area contributed by atoms with Crippen LogP contribution in [0.4, 0.5) is 4.39 Å². The van der Waals surface area contributed by atoms with Crippen molar-refractivity contribution in [2.75, 3.05) is 0 Å². The summed E-state index contributed by atoms with van der Waals surface area (Å²) in [7, 11) is 0.